The fraction of sp³-hybridized carbons (Fsp3) is 0.667. The van der Waals surface area contributed by atoms with Crippen molar-refractivity contribution in [1.29, 1.82) is 0 Å². The molecule has 0 atom stereocenters. The van der Waals surface area contributed by atoms with Gasteiger partial charge in [0, 0.05) is 13.6 Å². The van der Waals surface area contributed by atoms with Crippen LogP contribution in [0.25, 0.3) is 0 Å². The van der Waals surface area contributed by atoms with Crippen molar-refractivity contribution in [1.82, 2.24) is 4.90 Å². The molecule has 0 fully saturated rings. The van der Waals surface area contributed by atoms with Gasteiger partial charge in [-0.15, -0.1) is 0 Å². The van der Waals surface area contributed by atoms with E-state index in [1.54, 1.807) is 0 Å². The maximum absolute atomic E-state index is 10.6. The van der Waals surface area contributed by atoms with Gasteiger partial charge in [-0.05, 0) is 0 Å². The topological polar surface area (TPSA) is 77.8 Å². The summed E-state index contributed by atoms with van der Waals surface area (Å²) in [6.45, 7) is -0.440. The quantitative estimate of drug-likeness (QED) is 0.549. The molecule has 5 nitrogen and oxygen atoms in total. The van der Waals surface area contributed by atoms with E-state index in [0.717, 1.165) is 0 Å². The van der Waals surface area contributed by atoms with Gasteiger partial charge in [-0.2, -0.15) is 0 Å². The molecule has 64 valence electrons. The minimum atomic E-state index is -0.956. The molecule has 2 N–H and O–H groups in total. The molecule has 0 aliphatic carbocycles. The smallest absolute Gasteiger partial charge is 0.305 e. The summed E-state index contributed by atoms with van der Waals surface area (Å²) < 4.78 is 0. The van der Waals surface area contributed by atoms with E-state index in [1.807, 2.05) is 0 Å². The highest BCUT2D eigenvalue weighted by Crippen LogP contribution is 1.87. The second-order valence-electron chi connectivity index (χ2n) is 2.12. The number of aliphatic hydroxyl groups excluding tert-OH is 1. The Hall–Kier alpha value is -1.10. The molecular weight excluding hydrogens is 150 g/mol. The monoisotopic (exact) mass is 161 g/mol. The van der Waals surface area contributed by atoms with Gasteiger partial charge in [-0.25, -0.2) is 0 Å². The number of amides is 1. The second-order valence-corrected chi connectivity index (χ2v) is 2.12. The van der Waals surface area contributed by atoms with E-state index in [4.69, 9.17) is 10.2 Å². The molecule has 0 heterocycles. The van der Waals surface area contributed by atoms with E-state index in [0.29, 0.717) is 0 Å². The molecule has 1 amide bonds. The van der Waals surface area contributed by atoms with Gasteiger partial charge in [0.1, 0.15) is 6.61 Å². The molecule has 0 saturated heterocycles. The fourth-order valence-electron chi connectivity index (χ4n) is 0.509. The zero-order chi connectivity index (χ0) is 8.85. The standard InChI is InChI=1S/C6H11NO4/c1-7(5(9)4-8)3-2-6(10)11/h8H,2-4H2,1H3,(H,10,11). The summed E-state index contributed by atoms with van der Waals surface area (Å²) in [6, 6.07) is 0. The molecule has 0 aromatic carbocycles. The molecule has 5 heteroatoms. The first-order valence-electron chi connectivity index (χ1n) is 3.14. The predicted molar refractivity (Wildman–Crippen MR) is 37.0 cm³/mol. The average Bonchev–Trinajstić information content (AvgIpc) is 1.98. The van der Waals surface area contributed by atoms with E-state index in [2.05, 4.69) is 0 Å². The molecule has 0 aromatic rings. The van der Waals surface area contributed by atoms with E-state index in [9.17, 15) is 9.59 Å². The first kappa shape index (κ1) is 9.90. The number of aliphatic hydroxyl groups is 1. The maximum Gasteiger partial charge on any atom is 0.305 e. The SMILES string of the molecule is CN(CCC(=O)O)C(=O)CO. The van der Waals surface area contributed by atoms with E-state index < -0.39 is 18.5 Å². The van der Waals surface area contributed by atoms with Crippen LogP contribution in [-0.2, 0) is 9.59 Å². The van der Waals surface area contributed by atoms with Crippen molar-refractivity contribution in [3.63, 3.8) is 0 Å². The highest BCUT2D eigenvalue weighted by atomic mass is 16.4. The number of likely N-dealkylation sites (N-methyl/N-ethyl adjacent to an activating group) is 1. The molecule has 0 bridgehead atoms. The molecule has 0 rings (SSSR count). The van der Waals surface area contributed by atoms with Gasteiger partial charge in [0.25, 0.3) is 0 Å². The Kier molecular flexibility index (Phi) is 4.21. The van der Waals surface area contributed by atoms with Gasteiger partial charge in [0.05, 0.1) is 6.42 Å². The highest BCUT2D eigenvalue weighted by Gasteiger charge is 2.07. The van der Waals surface area contributed by atoms with Crippen LogP contribution in [0.1, 0.15) is 6.42 Å². The largest absolute Gasteiger partial charge is 0.481 e. The minimum Gasteiger partial charge on any atom is -0.481 e. The Morgan fingerprint density at radius 1 is 1.45 bits per heavy atom. The number of hydrogen-bond acceptors (Lipinski definition) is 3. The van der Waals surface area contributed by atoms with Gasteiger partial charge >= 0.3 is 5.97 Å². The molecule has 0 radical (unpaired) electrons. The number of aliphatic carboxylic acids is 1. The first-order valence-corrected chi connectivity index (χ1v) is 3.14. The molecule has 0 aromatic heterocycles. The first-order chi connectivity index (χ1) is 5.07. The van der Waals surface area contributed by atoms with Crippen LogP contribution in [0.15, 0.2) is 0 Å². The van der Waals surface area contributed by atoms with Crippen LogP contribution < -0.4 is 0 Å². The Labute approximate surface area is 64.2 Å². The number of carbonyl (C=O) groups excluding carboxylic acids is 1. The number of hydrogen-bond donors (Lipinski definition) is 2. The summed E-state index contributed by atoms with van der Waals surface area (Å²) in [5.41, 5.74) is 0. The van der Waals surface area contributed by atoms with Crippen molar-refractivity contribution < 1.29 is 19.8 Å². The van der Waals surface area contributed by atoms with Crippen LogP contribution in [-0.4, -0.2) is 47.2 Å². The molecule has 11 heavy (non-hydrogen) atoms. The summed E-state index contributed by atoms with van der Waals surface area (Å²) in [6.07, 6.45) is -0.0950. The Morgan fingerprint density at radius 3 is 2.36 bits per heavy atom. The molecular formula is C6H11NO4. The van der Waals surface area contributed by atoms with Crippen LogP contribution in [0.2, 0.25) is 0 Å². The molecule has 0 spiro atoms. The lowest BCUT2D eigenvalue weighted by Crippen LogP contribution is -2.31. The number of rotatable bonds is 4. The van der Waals surface area contributed by atoms with Crippen LogP contribution >= 0.6 is 0 Å². The lowest BCUT2D eigenvalue weighted by molar-refractivity contribution is -0.138. The summed E-state index contributed by atoms with van der Waals surface area (Å²) in [7, 11) is 1.45. The molecule has 0 aliphatic heterocycles. The molecule has 0 aliphatic rings. The zero-order valence-electron chi connectivity index (χ0n) is 6.28. The van der Waals surface area contributed by atoms with E-state index in [-0.39, 0.29) is 13.0 Å². The molecule has 0 unspecified atom stereocenters. The second kappa shape index (κ2) is 4.68. The normalized spacial score (nSPS) is 9.27. The number of nitrogens with zero attached hydrogens (tertiary/aromatic N) is 1. The zero-order valence-corrected chi connectivity index (χ0v) is 6.28. The average molecular weight is 161 g/mol. The van der Waals surface area contributed by atoms with Crippen molar-refractivity contribution in [2.24, 2.45) is 0 Å². The van der Waals surface area contributed by atoms with Crippen molar-refractivity contribution in [2.45, 2.75) is 6.42 Å². The number of carboxylic acids is 1. The summed E-state index contributed by atoms with van der Waals surface area (Å²) in [5.74, 6) is -1.42. The number of carbonyl (C=O) groups is 2. The number of carboxylic acid groups (broad SMARTS) is 1. The third kappa shape index (κ3) is 4.32. The van der Waals surface area contributed by atoms with Crippen molar-refractivity contribution in [3.8, 4) is 0 Å². The van der Waals surface area contributed by atoms with Crippen LogP contribution in [0, 0.1) is 0 Å². The Bertz CT molecular complexity index is 157. The van der Waals surface area contributed by atoms with Gasteiger partial charge < -0.3 is 15.1 Å². The summed E-state index contributed by atoms with van der Waals surface area (Å²) in [4.78, 5) is 21.8. The lowest BCUT2D eigenvalue weighted by Gasteiger charge is -2.13. The summed E-state index contributed by atoms with van der Waals surface area (Å²) in [5, 5.41) is 16.5. The van der Waals surface area contributed by atoms with Gasteiger partial charge in [-0.3, -0.25) is 9.59 Å². The van der Waals surface area contributed by atoms with Gasteiger partial charge in [0.15, 0.2) is 0 Å². The van der Waals surface area contributed by atoms with E-state index >= 15 is 0 Å². The van der Waals surface area contributed by atoms with Crippen molar-refractivity contribution in [3.05, 3.63) is 0 Å². The molecule has 0 saturated carbocycles. The third-order valence-electron chi connectivity index (χ3n) is 1.22. The maximum atomic E-state index is 10.6. The van der Waals surface area contributed by atoms with Crippen LogP contribution in [0.4, 0.5) is 0 Å². The van der Waals surface area contributed by atoms with Crippen molar-refractivity contribution >= 4 is 11.9 Å². The van der Waals surface area contributed by atoms with Gasteiger partial charge in [-0.1, -0.05) is 0 Å². The third-order valence-corrected chi connectivity index (χ3v) is 1.22. The Balaban J connectivity index is 3.60. The minimum absolute atomic E-state index is 0.0950. The summed E-state index contributed by atoms with van der Waals surface area (Å²) >= 11 is 0. The fourth-order valence-corrected chi connectivity index (χ4v) is 0.509. The highest BCUT2D eigenvalue weighted by molar-refractivity contribution is 5.77. The van der Waals surface area contributed by atoms with Crippen molar-refractivity contribution in [2.75, 3.05) is 20.2 Å². The lowest BCUT2D eigenvalue weighted by atomic mass is 10.4. The van der Waals surface area contributed by atoms with Crippen LogP contribution in [0.5, 0.6) is 0 Å². The van der Waals surface area contributed by atoms with Crippen LogP contribution in [0.3, 0.4) is 0 Å². The Morgan fingerprint density at radius 2 is 2.00 bits per heavy atom. The van der Waals surface area contributed by atoms with E-state index in [1.165, 1.54) is 11.9 Å². The van der Waals surface area contributed by atoms with Gasteiger partial charge in [0.2, 0.25) is 5.91 Å². The predicted octanol–water partition coefficient (Wildman–Crippen LogP) is -1.09.